The van der Waals surface area contributed by atoms with E-state index < -0.39 is 0 Å². The second-order valence-corrected chi connectivity index (χ2v) is 3.26. The van der Waals surface area contributed by atoms with Crippen molar-refractivity contribution in [3.05, 3.63) is 23.8 Å². The van der Waals surface area contributed by atoms with Gasteiger partial charge in [-0.1, -0.05) is 0 Å². The summed E-state index contributed by atoms with van der Waals surface area (Å²) in [6, 6.07) is 0. The second kappa shape index (κ2) is 3.04. The van der Waals surface area contributed by atoms with E-state index in [2.05, 4.69) is 32.1 Å². The summed E-state index contributed by atoms with van der Waals surface area (Å²) in [7, 11) is 0. The van der Waals surface area contributed by atoms with Gasteiger partial charge in [0.15, 0.2) is 0 Å². The fourth-order valence-corrected chi connectivity index (χ4v) is 1.16. The normalized spacial score (nSPS) is 17.5. The van der Waals surface area contributed by atoms with E-state index in [9.17, 15) is 0 Å². The van der Waals surface area contributed by atoms with Crippen molar-refractivity contribution in [3.63, 3.8) is 0 Å². The Kier molecular flexibility index (Phi) is 2.51. The average molecular weight is 171 g/mol. The minimum absolute atomic E-state index is 0.0799. The van der Waals surface area contributed by atoms with Crippen LogP contribution in [0.1, 0.15) is 20.3 Å². The third kappa shape index (κ3) is 1.60. The Morgan fingerprint density at radius 1 is 1.60 bits per heavy atom. The summed E-state index contributed by atoms with van der Waals surface area (Å²) in [6.45, 7) is 4.18. The molecule has 0 N–H and O–H groups in total. The molecule has 0 spiro atoms. The predicted molar refractivity (Wildman–Crippen MR) is 37.0 cm³/mol. The first kappa shape index (κ1) is 8.25. The molecule has 0 unspecified atom stereocenters. The molecule has 0 aromatic carbocycles. The molecule has 0 radical (unpaired) electrons. The predicted octanol–water partition coefficient (Wildman–Crippen LogP) is 2.13. The monoisotopic (exact) mass is 171 g/mol. The molecule has 1 nitrogen and oxygen atoms in total. The Labute approximate surface area is 74.0 Å². The number of hydrogen-bond acceptors (Lipinski definition) is 1. The fourth-order valence-electron chi connectivity index (χ4n) is 0.959. The SMILES string of the molecule is CC(C)([O][Ti])C1=CC=CC1. The molecule has 0 heterocycles. The van der Waals surface area contributed by atoms with Crippen molar-refractivity contribution in [2.24, 2.45) is 0 Å². The summed E-state index contributed by atoms with van der Waals surface area (Å²) in [5.74, 6) is 0. The Morgan fingerprint density at radius 2 is 2.30 bits per heavy atom. The molecule has 1 rings (SSSR count). The van der Waals surface area contributed by atoms with Crippen molar-refractivity contribution in [2.75, 3.05) is 0 Å². The van der Waals surface area contributed by atoms with Crippen LogP contribution in [0.3, 0.4) is 0 Å². The quantitative estimate of drug-likeness (QED) is 0.578. The molecule has 0 fully saturated rings. The van der Waals surface area contributed by atoms with E-state index in [0.717, 1.165) is 6.42 Å². The molecule has 0 bridgehead atoms. The summed E-state index contributed by atoms with van der Waals surface area (Å²) in [5.41, 5.74) is 1.28. The van der Waals surface area contributed by atoms with Gasteiger partial charge in [0.1, 0.15) is 0 Å². The Bertz CT molecular complexity index is 180. The molecule has 0 aliphatic heterocycles. The van der Waals surface area contributed by atoms with Crippen LogP contribution in [0.5, 0.6) is 0 Å². The van der Waals surface area contributed by atoms with Crippen LogP contribution in [0.4, 0.5) is 0 Å². The third-order valence-corrected chi connectivity index (χ3v) is 2.60. The van der Waals surface area contributed by atoms with E-state index in [4.69, 9.17) is 3.32 Å². The van der Waals surface area contributed by atoms with Crippen molar-refractivity contribution in [1.29, 1.82) is 0 Å². The molecule has 1 aliphatic carbocycles. The summed E-state index contributed by atoms with van der Waals surface area (Å²) in [4.78, 5) is 0. The van der Waals surface area contributed by atoms with E-state index in [1.807, 2.05) is 0 Å². The molecule has 0 aromatic rings. The zero-order chi connectivity index (χ0) is 7.61. The van der Waals surface area contributed by atoms with Gasteiger partial charge < -0.3 is 0 Å². The summed E-state index contributed by atoms with van der Waals surface area (Å²) < 4.78 is 5.31. The van der Waals surface area contributed by atoms with E-state index in [0.29, 0.717) is 0 Å². The van der Waals surface area contributed by atoms with Crippen molar-refractivity contribution in [2.45, 2.75) is 25.9 Å². The van der Waals surface area contributed by atoms with Gasteiger partial charge in [-0.2, -0.15) is 0 Å². The molecule has 0 saturated carbocycles. The van der Waals surface area contributed by atoms with Crippen LogP contribution in [-0.4, -0.2) is 5.60 Å². The van der Waals surface area contributed by atoms with Gasteiger partial charge in [0.05, 0.1) is 0 Å². The number of allylic oxidation sites excluding steroid dienone is 3. The molecule has 0 aromatic heterocycles. The average Bonchev–Trinajstić information content (AvgIpc) is 2.38. The van der Waals surface area contributed by atoms with Gasteiger partial charge in [0.25, 0.3) is 0 Å². The van der Waals surface area contributed by atoms with E-state index >= 15 is 0 Å². The van der Waals surface area contributed by atoms with Crippen LogP contribution in [-0.2, 0) is 24.1 Å². The van der Waals surface area contributed by atoms with Crippen LogP contribution in [0.25, 0.3) is 0 Å². The molecule has 0 saturated heterocycles. The van der Waals surface area contributed by atoms with Crippen molar-refractivity contribution < 1.29 is 24.1 Å². The van der Waals surface area contributed by atoms with Gasteiger partial charge in [-0.15, -0.1) is 0 Å². The Morgan fingerprint density at radius 3 is 2.70 bits per heavy atom. The first-order valence-electron chi connectivity index (χ1n) is 3.38. The van der Waals surface area contributed by atoms with Crippen molar-refractivity contribution in [3.8, 4) is 0 Å². The van der Waals surface area contributed by atoms with E-state index in [-0.39, 0.29) is 5.60 Å². The van der Waals surface area contributed by atoms with Crippen molar-refractivity contribution >= 4 is 0 Å². The summed E-state index contributed by atoms with van der Waals surface area (Å²) in [5, 5.41) is 0. The van der Waals surface area contributed by atoms with Gasteiger partial charge in [0, 0.05) is 0 Å². The van der Waals surface area contributed by atoms with Crippen LogP contribution >= 0.6 is 0 Å². The molecular formula is C8H11OTi. The minimum atomic E-state index is -0.0799. The van der Waals surface area contributed by atoms with Gasteiger partial charge in [0.2, 0.25) is 0 Å². The third-order valence-electron chi connectivity index (χ3n) is 1.80. The molecule has 0 atom stereocenters. The van der Waals surface area contributed by atoms with Crippen LogP contribution in [0, 0.1) is 0 Å². The molecule has 2 heteroatoms. The molecule has 53 valence electrons. The zero-order valence-electron chi connectivity index (χ0n) is 6.35. The Hall–Kier alpha value is 0.154. The topological polar surface area (TPSA) is 9.23 Å². The van der Waals surface area contributed by atoms with Gasteiger partial charge in [-0.3, -0.25) is 0 Å². The molecular weight excluding hydrogens is 160 g/mol. The zero-order valence-corrected chi connectivity index (χ0v) is 7.91. The molecule has 0 amide bonds. The van der Waals surface area contributed by atoms with Gasteiger partial charge >= 0.3 is 73.8 Å². The second-order valence-electron chi connectivity index (χ2n) is 2.94. The van der Waals surface area contributed by atoms with E-state index in [1.165, 1.54) is 5.57 Å². The van der Waals surface area contributed by atoms with Crippen LogP contribution in [0.15, 0.2) is 23.8 Å². The molecule has 1 aliphatic rings. The maximum atomic E-state index is 5.31. The molecule has 10 heavy (non-hydrogen) atoms. The van der Waals surface area contributed by atoms with E-state index in [1.54, 1.807) is 20.8 Å². The standard InChI is InChI=1S/C8H11O.Ti/c1-8(2,9)7-5-3-4-6-7;/h3-5H,6H2,1-2H3;/q-1;+1. The van der Waals surface area contributed by atoms with Gasteiger partial charge in [-0.25, -0.2) is 0 Å². The fraction of sp³-hybridized carbons (Fsp3) is 0.500. The summed E-state index contributed by atoms with van der Waals surface area (Å²) in [6.07, 6.45) is 7.40. The number of rotatable bonds is 2. The van der Waals surface area contributed by atoms with Crippen LogP contribution < -0.4 is 0 Å². The van der Waals surface area contributed by atoms with Crippen LogP contribution in [0.2, 0.25) is 0 Å². The first-order valence-corrected chi connectivity index (χ1v) is 4.01. The summed E-state index contributed by atoms with van der Waals surface area (Å²) >= 11 is 1.75. The Balaban J connectivity index is 2.65. The number of hydrogen-bond donors (Lipinski definition) is 0. The maximum absolute atomic E-state index is 5.31. The van der Waals surface area contributed by atoms with Gasteiger partial charge in [-0.05, 0) is 0 Å². The first-order chi connectivity index (χ1) is 4.67. The van der Waals surface area contributed by atoms with Crippen molar-refractivity contribution in [1.82, 2.24) is 0 Å².